The van der Waals surface area contributed by atoms with Crippen molar-refractivity contribution in [2.45, 2.75) is 6.18 Å². The van der Waals surface area contributed by atoms with Crippen LogP contribution in [0.4, 0.5) is 13.2 Å². The molecule has 7 heteroatoms. The third-order valence-corrected chi connectivity index (χ3v) is 4.81. The second-order valence-electron chi connectivity index (χ2n) is 6.95. The Morgan fingerprint density at radius 1 is 0.935 bits per heavy atom. The van der Waals surface area contributed by atoms with Crippen molar-refractivity contribution in [3.8, 4) is 22.6 Å². The van der Waals surface area contributed by atoms with Gasteiger partial charge in [0.1, 0.15) is 30.5 Å². The molecule has 1 aliphatic heterocycles. The standard InChI is InChI=1S/C24H21F3N2O2/c25-24(26,27)19-9-6-17(7-10-19)18-8-11-22-21(16-18)23(29-13-15-31-22)28-12-14-30-20-4-2-1-3-5-20/h1-11,16H,12-15H2,(H,28,29). The van der Waals surface area contributed by atoms with Crippen LogP contribution in [-0.2, 0) is 6.18 Å². The predicted octanol–water partition coefficient (Wildman–Crippen LogP) is 5.18. The van der Waals surface area contributed by atoms with Gasteiger partial charge in [0, 0.05) is 0 Å². The Morgan fingerprint density at radius 2 is 1.68 bits per heavy atom. The summed E-state index contributed by atoms with van der Waals surface area (Å²) in [5, 5.41) is 3.29. The first-order valence-electron chi connectivity index (χ1n) is 9.92. The van der Waals surface area contributed by atoms with Crippen molar-refractivity contribution < 1.29 is 22.6 Å². The monoisotopic (exact) mass is 426 g/mol. The highest BCUT2D eigenvalue weighted by atomic mass is 19.4. The van der Waals surface area contributed by atoms with Crippen LogP contribution in [0.15, 0.2) is 77.8 Å². The molecule has 0 aliphatic carbocycles. The van der Waals surface area contributed by atoms with Crippen LogP contribution >= 0.6 is 0 Å². The fourth-order valence-electron chi connectivity index (χ4n) is 3.28. The Kier molecular flexibility index (Phi) is 6.11. The first-order valence-corrected chi connectivity index (χ1v) is 9.92. The molecule has 0 spiro atoms. The number of halogens is 3. The number of aliphatic imine (C=N–C) groups is 1. The molecule has 0 radical (unpaired) electrons. The van der Waals surface area contributed by atoms with Gasteiger partial charge in [0.2, 0.25) is 0 Å². The SMILES string of the molecule is FC(F)(F)c1ccc(-c2ccc3c(c2)C(NCCOc2ccccc2)=NCCO3)cc1. The molecule has 0 aromatic heterocycles. The average Bonchev–Trinajstić information content (AvgIpc) is 2.98. The lowest BCUT2D eigenvalue weighted by Gasteiger charge is -2.14. The summed E-state index contributed by atoms with van der Waals surface area (Å²) in [6.45, 7) is 1.96. The molecule has 3 aromatic carbocycles. The molecule has 0 atom stereocenters. The smallest absolute Gasteiger partial charge is 0.416 e. The summed E-state index contributed by atoms with van der Waals surface area (Å²) in [5.74, 6) is 2.15. The van der Waals surface area contributed by atoms with Crippen molar-refractivity contribution in [3.05, 3.63) is 83.9 Å². The Morgan fingerprint density at radius 3 is 2.42 bits per heavy atom. The average molecular weight is 426 g/mol. The van der Waals surface area contributed by atoms with Crippen LogP contribution in [0, 0.1) is 0 Å². The maximum Gasteiger partial charge on any atom is 0.416 e. The topological polar surface area (TPSA) is 42.8 Å². The van der Waals surface area contributed by atoms with Crippen molar-refractivity contribution in [3.63, 3.8) is 0 Å². The Labute approximate surface area is 178 Å². The van der Waals surface area contributed by atoms with Gasteiger partial charge in [-0.05, 0) is 47.5 Å². The van der Waals surface area contributed by atoms with Gasteiger partial charge < -0.3 is 14.8 Å². The number of ether oxygens (including phenoxy) is 2. The van der Waals surface area contributed by atoms with Crippen LogP contribution in [0.25, 0.3) is 11.1 Å². The Hall–Kier alpha value is -3.48. The third-order valence-electron chi connectivity index (χ3n) is 4.81. The number of hydrogen-bond donors (Lipinski definition) is 1. The first-order chi connectivity index (χ1) is 15.0. The minimum Gasteiger partial charge on any atom is -0.492 e. The van der Waals surface area contributed by atoms with Gasteiger partial charge in [-0.25, -0.2) is 0 Å². The lowest BCUT2D eigenvalue weighted by Crippen LogP contribution is -2.29. The molecule has 0 unspecified atom stereocenters. The highest BCUT2D eigenvalue weighted by Gasteiger charge is 2.30. The number of nitrogens with one attached hydrogen (secondary N) is 1. The van der Waals surface area contributed by atoms with Crippen LogP contribution in [0.5, 0.6) is 11.5 Å². The molecule has 1 aliphatic rings. The molecule has 0 fully saturated rings. The Balaban J connectivity index is 1.49. The van der Waals surface area contributed by atoms with Crippen LogP contribution in [0.3, 0.4) is 0 Å². The van der Waals surface area contributed by atoms with E-state index in [1.807, 2.05) is 48.5 Å². The largest absolute Gasteiger partial charge is 0.492 e. The van der Waals surface area contributed by atoms with Gasteiger partial charge in [0.25, 0.3) is 0 Å². The molecule has 3 aromatic rings. The molecule has 31 heavy (non-hydrogen) atoms. The first kappa shape index (κ1) is 20.8. The lowest BCUT2D eigenvalue weighted by atomic mass is 10.0. The van der Waals surface area contributed by atoms with Gasteiger partial charge in [-0.2, -0.15) is 13.2 Å². The van der Waals surface area contributed by atoms with Gasteiger partial charge in [0.15, 0.2) is 0 Å². The highest BCUT2D eigenvalue weighted by molar-refractivity contribution is 6.02. The summed E-state index contributed by atoms with van der Waals surface area (Å²) in [7, 11) is 0. The summed E-state index contributed by atoms with van der Waals surface area (Å²) >= 11 is 0. The molecule has 160 valence electrons. The van der Waals surface area contributed by atoms with Gasteiger partial charge in [-0.1, -0.05) is 36.4 Å². The summed E-state index contributed by atoms with van der Waals surface area (Å²) in [4.78, 5) is 4.57. The zero-order chi connectivity index (χ0) is 21.7. The van der Waals surface area contributed by atoms with Crippen molar-refractivity contribution in [2.24, 2.45) is 4.99 Å². The summed E-state index contributed by atoms with van der Waals surface area (Å²) in [5.41, 5.74) is 1.58. The fraction of sp³-hybridized carbons (Fsp3) is 0.208. The molecule has 0 saturated heterocycles. The van der Waals surface area contributed by atoms with Gasteiger partial charge in [0.05, 0.1) is 24.2 Å². The lowest BCUT2D eigenvalue weighted by molar-refractivity contribution is -0.137. The maximum absolute atomic E-state index is 12.8. The van der Waals surface area contributed by atoms with Crippen molar-refractivity contribution in [1.82, 2.24) is 5.32 Å². The van der Waals surface area contributed by atoms with E-state index in [-0.39, 0.29) is 0 Å². The number of alkyl halides is 3. The van der Waals surface area contributed by atoms with Crippen LogP contribution in [0.1, 0.15) is 11.1 Å². The van der Waals surface area contributed by atoms with E-state index >= 15 is 0 Å². The van der Waals surface area contributed by atoms with Crippen LogP contribution in [-0.4, -0.2) is 32.1 Å². The predicted molar refractivity (Wildman–Crippen MR) is 114 cm³/mol. The van der Waals surface area contributed by atoms with Gasteiger partial charge >= 0.3 is 6.18 Å². The maximum atomic E-state index is 12.8. The fourth-order valence-corrected chi connectivity index (χ4v) is 3.28. The molecule has 0 amide bonds. The number of benzene rings is 3. The van der Waals surface area contributed by atoms with E-state index in [1.165, 1.54) is 12.1 Å². The number of para-hydroxylation sites is 1. The number of amidine groups is 1. The van der Waals surface area contributed by atoms with Crippen LogP contribution in [0.2, 0.25) is 0 Å². The van der Waals surface area contributed by atoms with Gasteiger partial charge in [-0.15, -0.1) is 0 Å². The van der Waals surface area contributed by atoms with Crippen molar-refractivity contribution in [1.29, 1.82) is 0 Å². The zero-order valence-corrected chi connectivity index (χ0v) is 16.7. The van der Waals surface area contributed by atoms with E-state index < -0.39 is 11.7 Å². The van der Waals surface area contributed by atoms with Gasteiger partial charge in [-0.3, -0.25) is 4.99 Å². The molecule has 4 rings (SSSR count). The summed E-state index contributed by atoms with van der Waals surface area (Å²) in [6.07, 6.45) is -4.36. The van der Waals surface area contributed by atoms with E-state index in [0.717, 1.165) is 29.0 Å². The van der Waals surface area contributed by atoms with E-state index in [4.69, 9.17) is 9.47 Å². The number of rotatable bonds is 5. The van der Waals surface area contributed by atoms with E-state index in [1.54, 1.807) is 0 Å². The number of fused-ring (bicyclic) bond motifs is 1. The second-order valence-corrected chi connectivity index (χ2v) is 6.95. The molecule has 1 N–H and O–H groups in total. The quantitative estimate of drug-likeness (QED) is 0.572. The van der Waals surface area contributed by atoms with Crippen molar-refractivity contribution >= 4 is 5.84 Å². The summed E-state index contributed by atoms with van der Waals surface area (Å²) < 4.78 is 50.0. The van der Waals surface area contributed by atoms with Crippen LogP contribution < -0.4 is 14.8 Å². The zero-order valence-electron chi connectivity index (χ0n) is 16.7. The minimum absolute atomic E-state index is 0.456. The second kappa shape index (κ2) is 9.12. The molecular weight excluding hydrogens is 405 g/mol. The van der Waals surface area contributed by atoms with E-state index in [2.05, 4.69) is 10.3 Å². The molecule has 4 nitrogen and oxygen atoms in total. The highest BCUT2D eigenvalue weighted by Crippen LogP contribution is 2.32. The molecule has 0 saturated carbocycles. The summed E-state index contributed by atoms with van der Waals surface area (Å²) in [6, 6.07) is 20.2. The number of hydrogen-bond acceptors (Lipinski definition) is 4. The van der Waals surface area contributed by atoms with E-state index in [9.17, 15) is 13.2 Å². The Bertz CT molecular complexity index is 1050. The number of nitrogens with zero attached hydrogens (tertiary/aromatic N) is 1. The molecule has 0 bridgehead atoms. The normalized spacial score (nSPS) is 13.5. The van der Waals surface area contributed by atoms with E-state index in [0.29, 0.717) is 43.5 Å². The molecule has 1 heterocycles. The van der Waals surface area contributed by atoms with Crippen molar-refractivity contribution in [2.75, 3.05) is 26.3 Å². The minimum atomic E-state index is -4.36. The third kappa shape index (κ3) is 5.17. The molecular formula is C24H21F3N2O2.